The lowest BCUT2D eigenvalue weighted by Gasteiger charge is -2.08. The lowest BCUT2D eigenvalue weighted by Crippen LogP contribution is -2.07. The molecule has 0 saturated heterocycles. The van der Waals surface area contributed by atoms with E-state index in [9.17, 15) is 9.59 Å². The molecule has 2 heterocycles. The van der Waals surface area contributed by atoms with E-state index in [0.29, 0.717) is 33.9 Å². The number of hydrogen-bond donors (Lipinski definition) is 6. The molecular formula is C34H30N14O2. The normalized spacial score (nSPS) is 11.0. The van der Waals surface area contributed by atoms with Crippen molar-refractivity contribution in [3.05, 3.63) is 119 Å². The average Bonchev–Trinajstić information content (AvgIpc) is 3.08. The molecule has 0 aliphatic rings. The summed E-state index contributed by atoms with van der Waals surface area (Å²) in [6.45, 7) is 0. The molecule has 0 amide bonds. The van der Waals surface area contributed by atoms with E-state index in [4.69, 9.17) is 22.9 Å². The van der Waals surface area contributed by atoms with E-state index in [-0.39, 0.29) is 60.1 Å². The van der Waals surface area contributed by atoms with E-state index in [1.54, 1.807) is 72.8 Å². The molecule has 0 bridgehead atoms. The second-order valence-corrected chi connectivity index (χ2v) is 10.9. The molecule has 50 heavy (non-hydrogen) atoms. The molecule has 0 fully saturated rings. The van der Waals surface area contributed by atoms with Gasteiger partial charge in [0.2, 0.25) is 35.7 Å². The standard InChI is InChI=1S/C34H30N14O2/c35-29-41-30(36)44-33(43-29)39-25-5-1-3-21(17-25)27(49)15-19-7-11-23(12-8-19)47-48-24-13-9-20(10-14-24)16-28(50)22-4-2-6-26(18-22)40-34-45-31(37)42-32(38)46-34/h1-14,17-18H,15-16H2,(H5,35,36,39,41,43,44)(H5,37,38,40,42,45,46). The highest BCUT2D eigenvalue weighted by Gasteiger charge is 2.11. The summed E-state index contributed by atoms with van der Waals surface area (Å²) in [5.74, 6) is 0.169. The largest absolute Gasteiger partial charge is 0.368 e. The maximum atomic E-state index is 13.0. The number of carbonyl (C=O) groups excluding carboxylic acids is 2. The number of rotatable bonds is 12. The monoisotopic (exact) mass is 666 g/mol. The van der Waals surface area contributed by atoms with Crippen LogP contribution in [0.5, 0.6) is 0 Å². The van der Waals surface area contributed by atoms with Crippen LogP contribution in [0.25, 0.3) is 0 Å². The summed E-state index contributed by atoms with van der Waals surface area (Å²) in [6.07, 6.45) is 0.383. The number of nitrogen functional groups attached to an aromatic ring is 4. The highest BCUT2D eigenvalue weighted by atomic mass is 16.1. The fraction of sp³-hybridized carbons (Fsp3) is 0.0588. The number of aromatic nitrogens is 6. The molecule has 16 nitrogen and oxygen atoms in total. The van der Waals surface area contributed by atoms with Crippen molar-refractivity contribution >= 4 is 70.0 Å². The third-order valence-corrected chi connectivity index (χ3v) is 7.10. The fourth-order valence-corrected chi connectivity index (χ4v) is 4.78. The second kappa shape index (κ2) is 14.6. The van der Waals surface area contributed by atoms with Crippen LogP contribution in [0.3, 0.4) is 0 Å². The smallest absolute Gasteiger partial charge is 0.233 e. The van der Waals surface area contributed by atoms with Gasteiger partial charge in [-0.15, -0.1) is 0 Å². The van der Waals surface area contributed by atoms with Gasteiger partial charge in [0.15, 0.2) is 11.6 Å². The molecule has 16 heteroatoms. The quantitative estimate of drug-likeness (QED) is 0.0729. The van der Waals surface area contributed by atoms with Crippen LogP contribution in [0.1, 0.15) is 31.8 Å². The van der Waals surface area contributed by atoms with Crippen LogP contribution in [-0.2, 0) is 12.8 Å². The molecule has 0 aliphatic heterocycles. The number of benzene rings is 4. The first-order valence-corrected chi connectivity index (χ1v) is 15.1. The maximum Gasteiger partial charge on any atom is 0.233 e. The molecule has 0 saturated carbocycles. The lowest BCUT2D eigenvalue weighted by atomic mass is 10.0. The van der Waals surface area contributed by atoms with Gasteiger partial charge in [-0.2, -0.15) is 40.1 Å². The molecule has 0 spiro atoms. The fourth-order valence-electron chi connectivity index (χ4n) is 4.78. The Kier molecular flexibility index (Phi) is 9.51. The van der Waals surface area contributed by atoms with Crippen molar-refractivity contribution in [1.82, 2.24) is 29.9 Å². The van der Waals surface area contributed by atoms with Crippen molar-refractivity contribution in [2.75, 3.05) is 33.6 Å². The van der Waals surface area contributed by atoms with E-state index < -0.39 is 0 Å². The Labute approximate surface area is 285 Å². The summed E-state index contributed by atoms with van der Waals surface area (Å²) in [5, 5.41) is 14.6. The Balaban J connectivity index is 1.02. The molecule has 2 aromatic heterocycles. The Bertz CT molecular complexity index is 2010. The van der Waals surface area contributed by atoms with Gasteiger partial charge in [0.05, 0.1) is 11.4 Å². The van der Waals surface area contributed by atoms with Crippen molar-refractivity contribution in [3.63, 3.8) is 0 Å². The number of Topliss-reactive ketones (excluding diaryl/α,β-unsaturated/α-hetero) is 2. The number of azo groups is 1. The van der Waals surface area contributed by atoms with Gasteiger partial charge < -0.3 is 33.6 Å². The molecule has 0 radical (unpaired) electrons. The molecule has 4 aromatic carbocycles. The van der Waals surface area contributed by atoms with Gasteiger partial charge in [0.1, 0.15) is 0 Å². The van der Waals surface area contributed by atoms with Crippen molar-refractivity contribution < 1.29 is 9.59 Å². The minimum absolute atomic E-state index is 0.0112. The first-order valence-electron chi connectivity index (χ1n) is 15.1. The molecular weight excluding hydrogens is 636 g/mol. The van der Waals surface area contributed by atoms with Gasteiger partial charge in [-0.05, 0) is 59.7 Å². The Morgan fingerprint density at radius 3 is 1.22 bits per heavy atom. The van der Waals surface area contributed by atoms with Gasteiger partial charge in [-0.1, -0.05) is 48.5 Å². The van der Waals surface area contributed by atoms with E-state index in [2.05, 4.69) is 50.8 Å². The number of hydrogen-bond acceptors (Lipinski definition) is 16. The van der Waals surface area contributed by atoms with Crippen LogP contribution in [0.4, 0.5) is 58.4 Å². The number of carbonyl (C=O) groups is 2. The molecule has 10 N–H and O–H groups in total. The van der Waals surface area contributed by atoms with Gasteiger partial charge in [0.25, 0.3) is 0 Å². The van der Waals surface area contributed by atoms with Crippen LogP contribution >= 0.6 is 0 Å². The first-order chi connectivity index (χ1) is 24.1. The Hall–Kier alpha value is -7.36. The zero-order valence-electron chi connectivity index (χ0n) is 26.4. The summed E-state index contributed by atoms with van der Waals surface area (Å²) in [7, 11) is 0. The zero-order valence-corrected chi connectivity index (χ0v) is 26.4. The summed E-state index contributed by atoms with van der Waals surface area (Å²) in [4.78, 5) is 49.5. The van der Waals surface area contributed by atoms with Gasteiger partial charge in [-0.3, -0.25) is 9.59 Å². The molecule has 6 rings (SSSR count). The van der Waals surface area contributed by atoms with E-state index in [1.807, 2.05) is 24.3 Å². The lowest BCUT2D eigenvalue weighted by molar-refractivity contribution is 0.0985. The number of ketones is 2. The first kappa shape index (κ1) is 32.6. The molecule has 0 unspecified atom stereocenters. The highest BCUT2D eigenvalue weighted by Crippen LogP contribution is 2.23. The zero-order chi connectivity index (χ0) is 35.0. The van der Waals surface area contributed by atoms with Crippen molar-refractivity contribution in [2.45, 2.75) is 12.8 Å². The number of nitrogens with one attached hydrogen (secondary N) is 2. The number of anilines is 8. The van der Waals surface area contributed by atoms with Crippen LogP contribution in [0.2, 0.25) is 0 Å². The predicted molar refractivity (Wildman–Crippen MR) is 190 cm³/mol. The van der Waals surface area contributed by atoms with E-state index in [0.717, 1.165) is 11.1 Å². The minimum atomic E-state index is -0.0728. The topological polar surface area (TPSA) is 264 Å². The number of nitrogens with zero attached hydrogens (tertiary/aromatic N) is 8. The predicted octanol–water partition coefficient (Wildman–Crippen LogP) is 5.14. The highest BCUT2D eigenvalue weighted by molar-refractivity contribution is 5.99. The van der Waals surface area contributed by atoms with E-state index in [1.165, 1.54) is 0 Å². The summed E-state index contributed by atoms with van der Waals surface area (Å²) >= 11 is 0. The summed E-state index contributed by atoms with van der Waals surface area (Å²) < 4.78 is 0. The SMILES string of the molecule is Nc1nc(N)nc(Nc2cccc(C(=O)Cc3ccc(N=Nc4ccc(CC(=O)c5cccc(Nc6nc(N)nc(N)n6)c5)cc4)cc3)c2)n1. The molecule has 6 aromatic rings. The van der Waals surface area contributed by atoms with Gasteiger partial charge in [0, 0.05) is 35.3 Å². The van der Waals surface area contributed by atoms with Gasteiger partial charge in [-0.25, -0.2) is 0 Å². The second-order valence-electron chi connectivity index (χ2n) is 10.9. The number of nitrogens with two attached hydrogens (primary N) is 4. The molecule has 0 atom stereocenters. The Morgan fingerprint density at radius 2 is 0.860 bits per heavy atom. The Morgan fingerprint density at radius 1 is 0.500 bits per heavy atom. The third kappa shape index (κ3) is 8.71. The summed E-state index contributed by atoms with van der Waals surface area (Å²) in [5.41, 5.74) is 27.6. The molecule has 0 aliphatic carbocycles. The minimum Gasteiger partial charge on any atom is -0.368 e. The van der Waals surface area contributed by atoms with E-state index >= 15 is 0 Å². The van der Waals surface area contributed by atoms with Crippen LogP contribution in [0, 0.1) is 0 Å². The third-order valence-electron chi connectivity index (χ3n) is 7.10. The van der Waals surface area contributed by atoms with Crippen LogP contribution in [0.15, 0.2) is 107 Å². The van der Waals surface area contributed by atoms with Gasteiger partial charge >= 0.3 is 0 Å². The van der Waals surface area contributed by atoms with Crippen molar-refractivity contribution in [2.24, 2.45) is 10.2 Å². The molecule has 248 valence electrons. The summed E-state index contributed by atoms with van der Waals surface area (Å²) in [6, 6.07) is 28.4. The van der Waals surface area contributed by atoms with Crippen molar-refractivity contribution in [3.8, 4) is 0 Å². The van der Waals surface area contributed by atoms with Crippen molar-refractivity contribution in [1.29, 1.82) is 0 Å². The van der Waals surface area contributed by atoms with Crippen LogP contribution in [-0.4, -0.2) is 41.5 Å². The average molecular weight is 667 g/mol. The maximum absolute atomic E-state index is 13.0. The van der Waals surface area contributed by atoms with Crippen LogP contribution < -0.4 is 33.6 Å².